The number of ether oxygens (including phenoxy) is 1. The maximum atomic E-state index is 10.7. The molecule has 4 N–H and O–H groups in total. The minimum atomic E-state index is -0.346. The molecular weight excluding hydrogens is 450 g/mol. The molecular formula is C22H26ClN5O3S. The summed E-state index contributed by atoms with van der Waals surface area (Å²) in [7, 11) is 0. The fourth-order valence-electron chi connectivity index (χ4n) is 3.26. The van der Waals surface area contributed by atoms with Gasteiger partial charge in [-0.2, -0.15) is 4.98 Å². The molecule has 0 radical (unpaired) electrons. The number of halogens is 1. The zero-order valence-electron chi connectivity index (χ0n) is 18.0. The summed E-state index contributed by atoms with van der Waals surface area (Å²) in [6.45, 7) is 4.13. The van der Waals surface area contributed by atoms with Crippen molar-refractivity contribution >= 4 is 50.9 Å². The Kier molecular flexibility index (Phi) is 8.24. The number of hydrogen-bond acceptors (Lipinski definition) is 9. The second-order valence-corrected chi connectivity index (χ2v) is 8.88. The molecule has 1 atom stereocenters. The van der Waals surface area contributed by atoms with Gasteiger partial charge in [0.05, 0.1) is 28.6 Å². The van der Waals surface area contributed by atoms with E-state index in [4.69, 9.17) is 27.2 Å². The van der Waals surface area contributed by atoms with Crippen molar-refractivity contribution in [3.63, 3.8) is 0 Å². The number of carbonyl (C=O) groups is 1. The molecule has 2 heterocycles. The number of fused-ring (bicyclic) bond motifs is 1. The van der Waals surface area contributed by atoms with E-state index in [-0.39, 0.29) is 29.5 Å². The van der Waals surface area contributed by atoms with Crippen LogP contribution >= 0.6 is 22.9 Å². The molecule has 0 amide bonds. The number of nitrogens with two attached hydrogens (primary N) is 1. The Morgan fingerprint density at radius 2 is 2.16 bits per heavy atom. The van der Waals surface area contributed by atoms with Crippen LogP contribution in [0.5, 0.6) is 0 Å². The van der Waals surface area contributed by atoms with Crippen molar-refractivity contribution in [1.29, 1.82) is 0 Å². The summed E-state index contributed by atoms with van der Waals surface area (Å²) in [6, 6.07) is 7.77. The number of rotatable bonds is 5. The van der Waals surface area contributed by atoms with Crippen LogP contribution in [0.15, 0.2) is 36.1 Å². The van der Waals surface area contributed by atoms with E-state index in [1.165, 1.54) is 36.5 Å². The molecule has 8 nitrogen and oxygen atoms in total. The van der Waals surface area contributed by atoms with E-state index >= 15 is 0 Å². The highest BCUT2D eigenvalue weighted by molar-refractivity contribution is 7.21. The Labute approximate surface area is 195 Å². The van der Waals surface area contributed by atoms with Crippen LogP contribution in [-0.2, 0) is 9.53 Å². The Morgan fingerprint density at radius 1 is 1.38 bits per heavy atom. The van der Waals surface area contributed by atoms with Crippen LogP contribution in [0, 0.1) is 5.92 Å². The third kappa shape index (κ3) is 6.30. The molecule has 0 bridgehead atoms. The van der Waals surface area contributed by atoms with Crippen molar-refractivity contribution in [2.75, 3.05) is 24.2 Å². The monoisotopic (exact) mass is 475 g/mol. The Bertz CT molecular complexity index is 1060. The number of hydrogen-bond donors (Lipinski definition) is 3. The summed E-state index contributed by atoms with van der Waals surface area (Å²) in [5, 5.41) is 12.3. The van der Waals surface area contributed by atoms with E-state index in [1.807, 2.05) is 24.3 Å². The van der Waals surface area contributed by atoms with Crippen molar-refractivity contribution in [2.24, 2.45) is 5.92 Å². The number of nitrogen functional groups attached to an aromatic ring is 1. The number of aliphatic hydroxyl groups excluding tert-OH is 1. The normalized spacial score (nSPS) is 16.6. The summed E-state index contributed by atoms with van der Waals surface area (Å²) in [5.74, 6) is 0.966. The van der Waals surface area contributed by atoms with E-state index < -0.39 is 0 Å². The third-order valence-electron chi connectivity index (χ3n) is 4.84. The first-order chi connectivity index (χ1) is 15.4. The second-order valence-electron chi connectivity index (χ2n) is 7.49. The lowest BCUT2D eigenvalue weighted by Gasteiger charge is -2.09. The van der Waals surface area contributed by atoms with Crippen molar-refractivity contribution in [3.05, 3.63) is 41.3 Å². The number of aliphatic hydroxyl groups is 1. The van der Waals surface area contributed by atoms with Gasteiger partial charge >= 0.3 is 5.97 Å². The summed E-state index contributed by atoms with van der Waals surface area (Å²) in [4.78, 5) is 23.6. The second kappa shape index (κ2) is 11.1. The first-order valence-corrected chi connectivity index (χ1v) is 11.4. The lowest BCUT2D eigenvalue weighted by atomic mass is 10.1. The quantitative estimate of drug-likeness (QED) is 0.199. The Morgan fingerprint density at radius 3 is 2.75 bits per heavy atom. The van der Waals surface area contributed by atoms with Crippen LogP contribution in [0.1, 0.15) is 33.1 Å². The molecule has 1 aliphatic carbocycles. The van der Waals surface area contributed by atoms with Gasteiger partial charge in [0.15, 0.2) is 0 Å². The Hall–Kier alpha value is -2.91. The lowest BCUT2D eigenvalue weighted by Crippen LogP contribution is -2.14. The van der Waals surface area contributed by atoms with Crippen LogP contribution in [0.25, 0.3) is 20.8 Å². The molecule has 1 saturated carbocycles. The molecule has 0 saturated heterocycles. The average Bonchev–Trinajstić information content (AvgIpc) is 3.36. The van der Waals surface area contributed by atoms with Gasteiger partial charge < -0.3 is 20.9 Å². The molecule has 3 aromatic rings. The minimum Gasteiger partial charge on any atom is -0.516 e. The molecule has 32 heavy (non-hydrogen) atoms. The number of nitrogens with one attached hydrogen (secondary N) is 1. The van der Waals surface area contributed by atoms with Gasteiger partial charge in [0.25, 0.3) is 0 Å². The van der Waals surface area contributed by atoms with Crippen LogP contribution < -0.4 is 11.1 Å². The molecule has 2 aromatic heterocycles. The van der Waals surface area contributed by atoms with Crippen LogP contribution in [0.4, 0.5) is 11.8 Å². The lowest BCUT2D eigenvalue weighted by molar-refractivity contribution is -0.140. The van der Waals surface area contributed by atoms with Crippen molar-refractivity contribution in [1.82, 2.24) is 15.0 Å². The van der Waals surface area contributed by atoms with Crippen molar-refractivity contribution < 1.29 is 14.6 Å². The van der Waals surface area contributed by atoms with Gasteiger partial charge in [-0.05, 0) is 42.9 Å². The smallest absolute Gasteiger partial charge is 0.302 e. The van der Waals surface area contributed by atoms with E-state index in [0.717, 1.165) is 29.0 Å². The summed E-state index contributed by atoms with van der Waals surface area (Å²) >= 11 is 7.75. The van der Waals surface area contributed by atoms with Gasteiger partial charge in [0.1, 0.15) is 22.6 Å². The highest BCUT2D eigenvalue weighted by atomic mass is 35.5. The number of carbonyl (C=O) groups excluding carboxylic acids is 1. The van der Waals surface area contributed by atoms with Crippen LogP contribution in [-0.4, -0.2) is 39.2 Å². The van der Waals surface area contributed by atoms with E-state index in [0.29, 0.717) is 17.1 Å². The van der Waals surface area contributed by atoms with E-state index in [9.17, 15) is 4.79 Å². The number of benzene rings is 1. The third-order valence-corrected chi connectivity index (χ3v) is 6.17. The van der Waals surface area contributed by atoms with Gasteiger partial charge in [0.2, 0.25) is 5.95 Å². The predicted octanol–water partition coefficient (Wildman–Crippen LogP) is 5.21. The summed E-state index contributed by atoms with van der Waals surface area (Å²) < 4.78 is 5.86. The van der Waals surface area contributed by atoms with E-state index in [1.54, 1.807) is 0 Å². The van der Waals surface area contributed by atoms with Crippen LogP contribution in [0.3, 0.4) is 0 Å². The van der Waals surface area contributed by atoms with Crippen molar-refractivity contribution in [2.45, 2.75) is 33.1 Å². The van der Waals surface area contributed by atoms with E-state index in [2.05, 4.69) is 27.2 Å². The number of thiazole rings is 1. The molecule has 0 spiro atoms. The molecule has 1 aliphatic rings. The first-order valence-electron chi connectivity index (χ1n) is 10.3. The van der Waals surface area contributed by atoms with Gasteiger partial charge in [-0.25, -0.2) is 9.97 Å². The van der Waals surface area contributed by atoms with Crippen molar-refractivity contribution in [3.8, 4) is 10.6 Å². The largest absolute Gasteiger partial charge is 0.516 e. The molecule has 170 valence electrons. The molecule has 4 rings (SSSR count). The number of esters is 1. The zero-order chi connectivity index (χ0) is 23.1. The molecule has 1 aromatic carbocycles. The molecule has 0 aliphatic heterocycles. The minimum absolute atomic E-state index is 0.204. The maximum Gasteiger partial charge on any atom is 0.302 e. The van der Waals surface area contributed by atoms with Gasteiger partial charge in [-0.15, -0.1) is 11.3 Å². The number of nitrogens with zero attached hydrogens (tertiary/aromatic N) is 3. The topological polar surface area (TPSA) is 123 Å². The highest BCUT2D eigenvalue weighted by Gasteiger charge is 2.17. The maximum absolute atomic E-state index is 10.7. The number of para-hydroxylation sites is 1. The predicted molar refractivity (Wildman–Crippen MR) is 129 cm³/mol. The SMILES string of the molecule is CC(=O)OCCNc1nc(N)c(-c2nc3ccccc3s2)c(Cl)n1.CC1CC/C(=C\O)C1. The van der Waals surface area contributed by atoms with Gasteiger partial charge in [0, 0.05) is 6.92 Å². The van der Waals surface area contributed by atoms with Crippen LogP contribution in [0.2, 0.25) is 5.15 Å². The summed E-state index contributed by atoms with van der Waals surface area (Å²) in [6.07, 6.45) is 4.74. The van der Waals surface area contributed by atoms with Gasteiger partial charge in [-0.1, -0.05) is 30.7 Å². The number of anilines is 2. The zero-order valence-corrected chi connectivity index (χ0v) is 19.5. The average molecular weight is 476 g/mol. The highest BCUT2D eigenvalue weighted by Crippen LogP contribution is 2.36. The standard InChI is InChI=1S/C15H14ClN5O2S.C7H12O/c1-8(22)23-7-6-18-15-20-12(16)11(13(17)21-15)14-19-9-4-2-3-5-10(9)24-14;1-6-2-3-7(4-6)5-8/h2-5H,6-7H2,1H3,(H3,17,18,20,21);5-6,8H,2-4H2,1H3/b;7-5+. The fraction of sp³-hybridized carbons (Fsp3) is 0.364. The number of allylic oxidation sites excluding steroid dienone is 1. The van der Waals surface area contributed by atoms with Gasteiger partial charge in [-0.3, -0.25) is 4.79 Å². The molecule has 1 unspecified atom stereocenters. The summed E-state index contributed by atoms with van der Waals surface area (Å²) in [5.41, 5.74) is 8.64. The first kappa shape index (κ1) is 23.7. The molecule has 1 fully saturated rings. The molecule has 10 heteroatoms. The number of aromatic nitrogens is 3. The Balaban J connectivity index is 0.000000305. The fourth-order valence-corrected chi connectivity index (χ4v) is 4.61.